The minimum Gasteiger partial charge on any atom is -0.350 e. The van der Waals surface area contributed by atoms with Gasteiger partial charge in [-0.05, 0) is 17.7 Å². The van der Waals surface area contributed by atoms with Crippen molar-refractivity contribution < 1.29 is 4.79 Å². The molecule has 0 bridgehead atoms. The van der Waals surface area contributed by atoms with Crippen LogP contribution in [0.15, 0.2) is 65.5 Å². The van der Waals surface area contributed by atoms with Gasteiger partial charge in [-0.25, -0.2) is 5.01 Å². The van der Waals surface area contributed by atoms with Gasteiger partial charge in [0.2, 0.25) is 0 Å². The minimum atomic E-state index is -0.283. The summed E-state index contributed by atoms with van der Waals surface area (Å²) in [6.07, 6.45) is 0. The number of rotatable bonds is 4. The van der Waals surface area contributed by atoms with E-state index in [9.17, 15) is 9.59 Å². The van der Waals surface area contributed by atoms with Gasteiger partial charge in [0.05, 0.1) is 0 Å². The standard InChI is InChI=1S/C21H22N4O2/c26-20-14-19(22-18-9-5-4-8-17(18)20)21(27)23-25-12-10-24(11-13-25)15-16-6-2-1-3-7-16/h1-9,14H,10-13,15H2,(H,22,26)(H,23,27). The Labute approximate surface area is 157 Å². The molecule has 3 aromatic rings. The maximum Gasteiger partial charge on any atom is 0.282 e. The van der Waals surface area contributed by atoms with E-state index in [1.165, 1.54) is 11.6 Å². The van der Waals surface area contributed by atoms with Crippen LogP contribution in [0, 0.1) is 0 Å². The Balaban J connectivity index is 1.36. The first-order chi connectivity index (χ1) is 13.2. The molecule has 1 amide bonds. The molecule has 0 radical (unpaired) electrons. The number of nitrogens with one attached hydrogen (secondary N) is 2. The molecule has 0 unspecified atom stereocenters. The summed E-state index contributed by atoms with van der Waals surface area (Å²) < 4.78 is 0. The van der Waals surface area contributed by atoms with Gasteiger partial charge >= 0.3 is 0 Å². The molecule has 138 valence electrons. The number of amides is 1. The van der Waals surface area contributed by atoms with Crippen molar-refractivity contribution >= 4 is 16.8 Å². The van der Waals surface area contributed by atoms with Crippen molar-refractivity contribution in [2.45, 2.75) is 6.54 Å². The van der Waals surface area contributed by atoms with Crippen LogP contribution in [0.1, 0.15) is 16.1 Å². The number of hydrogen-bond acceptors (Lipinski definition) is 4. The summed E-state index contributed by atoms with van der Waals surface area (Å²) in [5.74, 6) is -0.283. The van der Waals surface area contributed by atoms with E-state index in [0.29, 0.717) is 10.9 Å². The summed E-state index contributed by atoms with van der Waals surface area (Å²) in [5.41, 5.74) is 5.01. The monoisotopic (exact) mass is 362 g/mol. The molecule has 6 nitrogen and oxygen atoms in total. The zero-order valence-corrected chi connectivity index (χ0v) is 15.0. The summed E-state index contributed by atoms with van der Waals surface area (Å²) >= 11 is 0. The van der Waals surface area contributed by atoms with Crippen LogP contribution in [0.5, 0.6) is 0 Å². The van der Waals surface area contributed by atoms with Crippen LogP contribution >= 0.6 is 0 Å². The van der Waals surface area contributed by atoms with Gasteiger partial charge in [0.25, 0.3) is 5.91 Å². The Morgan fingerprint density at radius 2 is 1.67 bits per heavy atom. The number of pyridine rings is 1. The van der Waals surface area contributed by atoms with E-state index in [0.717, 1.165) is 32.7 Å². The van der Waals surface area contributed by atoms with Crippen molar-refractivity contribution in [2.24, 2.45) is 0 Å². The first-order valence-corrected chi connectivity index (χ1v) is 9.13. The zero-order valence-electron chi connectivity index (χ0n) is 15.0. The molecule has 1 aromatic heterocycles. The first-order valence-electron chi connectivity index (χ1n) is 9.13. The largest absolute Gasteiger partial charge is 0.350 e. The summed E-state index contributed by atoms with van der Waals surface area (Å²) in [6, 6.07) is 19.0. The van der Waals surface area contributed by atoms with Crippen LogP contribution in [0.3, 0.4) is 0 Å². The second-order valence-electron chi connectivity index (χ2n) is 6.78. The lowest BCUT2D eigenvalue weighted by atomic mass is 10.2. The fourth-order valence-electron chi connectivity index (χ4n) is 3.38. The van der Waals surface area contributed by atoms with E-state index < -0.39 is 0 Å². The van der Waals surface area contributed by atoms with Crippen LogP contribution < -0.4 is 10.9 Å². The van der Waals surface area contributed by atoms with Crippen LogP contribution in [-0.2, 0) is 6.54 Å². The Morgan fingerprint density at radius 3 is 2.44 bits per heavy atom. The van der Waals surface area contributed by atoms with E-state index in [1.807, 2.05) is 23.2 Å². The first kappa shape index (κ1) is 17.5. The number of H-pyrrole nitrogens is 1. The lowest BCUT2D eigenvalue weighted by molar-refractivity contribution is 0.0600. The summed E-state index contributed by atoms with van der Waals surface area (Å²) in [6.45, 7) is 4.17. The highest BCUT2D eigenvalue weighted by atomic mass is 16.2. The van der Waals surface area contributed by atoms with E-state index in [1.54, 1.807) is 12.1 Å². The van der Waals surface area contributed by atoms with Gasteiger partial charge in [-0.1, -0.05) is 42.5 Å². The van der Waals surface area contributed by atoms with Crippen LogP contribution in [0.25, 0.3) is 10.9 Å². The van der Waals surface area contributed by atoms with Crippen molar-refractivity contribution in [1.29, 1.82) is 0 Å². The predicted octanol–water partition coefficient (Wildman–Crippen LogP) is 1.99. The van der Waals surface area contributed by atoms with Crippen LogP contribution in [0.4, 0.5) is 0 Å². The van der Waals surface area contributed by atoms with Crippen molar-refractivity contribution in [3.8, 4) is 0 Å². The molecule has 2 N–H and O–H groups in total. The fraction of sp³-hybridized carbons (Fsp3) is 0.238. The molecule has 0 aliphatic carbocycles. The molecule has 0 spiro atoms. The Morgan fingerprint density at radius 1 is 0.963 bits per heavy atom. The number of aromatic amines is 1. The lowest BCUT2D eigenvalue weighted by Crippen LogP contribution is -2.53. The van der Waals surface area contributed by atoms with Gasteiger partial charge in [-0.3, -0.25) is 19.9 Å². The van der Waals surface area contributed by atoms with Gasteiger partial charge in [-0.2, -0.15) is 0 Å². The number of fused-ring (bicyclic) bond motifs is 1. The average molecular weight is 362 g/mol. The third kappa shape index (κ3) is 4.07. The molecule has 6 heteroatoms. The molecule has 1 aliphatic heterocycles. The number of hydrogen-bond donors (Lipinski definition) is 2. The lowest BCUT2D eigenvalue weighted by Gasteiger charge is -2.34. The fourth-order valence-corrected chi connectivity index (χ4v) is 3.38. The average Bonchev–Trinajstić information content (AvgIpc) is 2.70. The summed E-state index contributed by atoms with van der Waals surface area (Å²) in [4.78, 5) is 30.2. The van der Waals surface area contributed by atoms with Crippen molar-refractivity contribution in [3.63, 3.8) is 0 Å². The molecule has 1 fully saturated rings. The molecular weight excluding hydrogens is 340 g/mol. The number of aromatic nitrogens is 1. The molecule has 2 heterocycles. The summed E-state index contributed by atoms with van der Waals surface area (Å²) in [5, 5.41) is 2.50. The number of carbonyl (C=O) groups is 1. The van der Waals surface area contributed by atoms with E-state index in [2.05, 4.69) is 39.6 Å². The molecule has 0 atom stereocenters. The number of nitrogens with zero attached hydrogens (tertiary/aromatic N) is 2. The highest BCUT2D eigenvalue weighted by Crippen LogP contribution is 2.09. The molecule has 1 saturated heterocycles. The maximum absolute atomic E-state index is 12.5. The third-order valence-electron chi connectivity index (χ3n) is 4.86. The number of piperazine rings is 1. The minimum absolute atomic E-state index is 0.151. The van der Waals surface area contributed by atoms with Gasteiger partial charge in [0.1, 0.15) is 5.69 Å². The smallest absolute Gasteiger partial charge is 0.282 e. The molecule has 0 saturated carbocycles. The zero-order chi connectivity index (χ0) is 18.6. The van der Waals surface area contributed by atoms with E-state index >= 15 is 0 Å². The highest BCUT2D eigenvalue weighted by molar-refractivity contribution is 5.94. The second-order valence-corrected chi connectivity index (χ2v) is 6.78. The Bertz CT molecular complexity index is 992. The highest BCUT2D eigenvalue weighted by Gasteiger charge is 2.19. The number of benzene rings is 2. The Hall–Kier alpha value is -2.96. The van der Waals surface area contributed by atoms with Crippen LogP contribution in [0.2, 0.25) is 0 Å². The topological polar surface area (TPSA) is 68.4 Å². The van der Waals surface area contributed by atoms with Gasteiger partial charge in [0, 0.05) is 49.7 Å². The second kappa shape index (κ2) is 7.73. The van der Waals surface area contributed by atoms with Crippen LogP contribution in [-0.4, -0.2) is 47.0 Å². The van der Waals surface area contributed by atoms with Gasteiger partial charge in [0.15, 0.2) is 5.43 Å². The molecule has 1 aliphatic rings. The summed E-state index contributed by atoms with van der Waals surface area (Å²) in [7, 11) is 0. The van der Waals surface area contributed by atoms with Crippen molar-refractivity contribution in [3.05, 3.63) is 82.1 Å². The maximum atomic E-state index is 12.5. The number of carbonyl (C=O) groups excluding carboxylic acids is 1. The predicted molar refractivity (Wildman–Crippen MR) is 105 cm³/mol. The van der Waals surface area contributed by atoms with E-state index in [4.69, 9.17) is 0 Å². The van der Waals surface area contributed by atoms with E-state index in [-0.39, 0.29) is 17.0 Å². The van der Waals surface area contributed by atoms with Gasteiger partial charge in [-0.15, -0.1) is 0 Å². The molecule has 2 aromatic carbocycles. The molecule has 27 heavy (non-hydrogen) atoms. The number of para-hydroxylation sites is 1. The molecule has 4 rings (SSSR count). The SMILES string of the molecule is O=C(NN1CCN(Cc2ccccc2)CC1)c1cc(=O)c2ccccc2[nH]1. The normalized spacial score (nSPS) is 15.7. The molecular formula is C21H22N4O2. The number of hydrazine groups is 1. The van der Waals surface area contributed by atoms with Gasteiger partial charge < -0.3 is 4.98 Å². The third-order valence-corrected chi connectivity index (χ3v) is 4.86. The van der Waals surface area contributed by atoms with Crippen molar-refractivity contribution in [1.82, 2.24) is 20.3 Å². The van der Waals surface area contributed by atoms with Crippen molar-refractivity contribution in [2.75, 3.05) is 26.2 Å². The Kier molecular flexibility index (Phi) is 5.00. The quantitative estimate of drug-likeness (QED) is 0.745.